The number of thioether (sulfide) groups is 1. The highest BCUT2D eigenvalue weighted by Gasteiger charge is 2.16. The number of aromatic amines is 1. The lowest BCUT2D eigenvalue weighted by Gasteiger charge is -2.07. The molecule has 0 radical (unpaired) electrons. The van der Waals surface area contributed by atoms with Crippen molar-refractivity contribution in [1.82, 2.24) is 15.0 Å². The molecule has 1 N–H and O–H groups in total. The molecule has 2 aromatic heterocycles. The van der Waals surface area contributed by atoms with E-state index in [1.54, 1.807) is 27.2 Å². The highest BCUT2D eigenvalue weighted by atomic mass is 32.2. The first kappa shape index (κ1) is 18.1. The van der Waals surface area contributed by atoms with Crippen molar-refractivity contribution in [3.63, 3.8) is 0 Å². The summed E-state index contributed by atoms with van der Waals surface area (Å²) in [6.45, 7) is 3.64. The molecule has 0 saturated heterocycles. The predicted molar refractivity (Wildman–Crippen MR) is 98.9 cm³/mol. The van der Waals surface area contributed by atoms with Crippen molar-refractivity contribution in [2.45, 2.75) is 24.8 Å². The number of nitrogens with zero attached hydrogens (tertiary/aromatic N) is 2. The van der Waals surface area contributed by atoms with E-state index in [-0.39, 0.29) is 5.56 Å². The van der Waals surface area contributed by atoms with Gasteiger partial charge in [-0.1, -0.05) is 11.8 Å². The summed E-state index contributed by atoms with van der Waals surface area (Å²) in [7, 11) is 3.19. The Labute approximate surface area is 154 Å². The molecular formula is C18H19N3O4S. The van der Waals surface area contributed by atoms with Crippen LogP contribution in [0.25, 0.3) is 11.5 Å². The smallest absolute Gasteiger partial charge is 0.251 e. The number of nitrogens with one attached hydrogen (secondary N) is 1. The van der Waals surface area contributed by atoms with Crippen LogP contribution in [0.4, 0.5) is 0 Å². The standard InChI is InChI=1S/C18H19N3O4S/c1-10-7-16(22)21-18(19-10)26-9-14-11(2)25-17(20-14)13-6-5-12(23-3)8-15(13)24-4/h5-8H,9H2,1-4H3,(H,19,21,22). The maximum Gasteiger partial charge on any atom is 0.251 e. The average Bonchev–Trinajstić information content (AvgIpc) is 2.99. The van der Waals surface area contributed by atoms with Crippen molar-refractivity contribution < 1.29 is 13.9 Å². The molecule has 3 aromatic rings. The average molecular weight is 373 g/mol. The predicted octanol–water partition coefficient (Wildman–Crippen LogP) is 3.35. The molecule has 0 atom stereocenters. The van der Waals surface area contributed by atoms with Gasteiger partial charge in [0.05, 0.1) is 25.5 Å². The number of aromatic nitrogens is 3. The fourth-order valence-corrected chi connectivity index (χ4v) is 3.33. The number of oxazole rings is 1. The number of rotatable bonds is 6. The Morgan fingerprint density at radius 3 is 2.65 bits per heavy atom. The molecule has 2 heterocycles. The van der Waals surface area contributed by atoms with Crippen LogP contribution in [0.2, 0.25) is 0 Å². The van der Waals surface area contributed by atoms with Crippen LogP contribution in [0.3, 0.4) is 0 Å². The highest BCUT2D eigenvalue weighted by Crippen LogP contribution is 2.34. The molecule has 3 rings (SSSR count). The van der Waals surface area contributed by atoms with Crippen molar-refractivity contribution in [1.29, 1.82) is 0 Å². The molecule has 0 saturated carbocycles. The van der Waals surface area contributed by atoms with E-state index in [9.17, 15) is 4.79 Å². The fourth-order valence-electron chi connectivity index (χ4n) is 2.41. The van der Waals surface area contributed by atoms with E-state index in [2.05, 4.69) is 15.0 Å². The summed E-state index contributed by atoms with van der Waals surface area (Å²) in [5.41, 5.74) is 2.04. The van der Waals surface area contributed by atoms with Crippen LogP contribution in [0, 0.1) is 13.8 Å². The second-order valence-electron chi connectivity index (χ2n) is 5.57. The van der Waals surface area contributed by atoms with E-state index in [0.29, 0.717) is 39.8 Å². The largest absolute Gasteiger partial charge is 0.497 e. The van der Waals surface area contributed by atoms with Gasteiger partial charge in [0.15, 0.2) is 5.16 Å². The Balaban J connectivity index is 1.84. The minimum absolute atomic E-state index is 0.166. The summed E-state index contributed by atoms with van der Waals surface area (Å²) in [6.07, 6.45) is 0. The Morgan fingerprint density at radius 1 is 1.15 bits per heavy atom. The zero-order valence-corrected chi connectivity index (χ0v) is 15.8. The van der Waals surface area contributed by atoms with Crippen molar-refractivity contribution >= 4 is 11.8 Å². The van der Waals surface area contributed by atoms with Gasteiger partial charge in [-0.25, -0.2) is 9.97 Å². The summed E-state index contributed by atoms with van der Waals surface area (Å²) in [5.74, 6) is 3.03. The molecular weight excluding hydrogens is 354 g/mol. The Morgan fingerprint density at radius 2 is 1.96 bits per heavy atom. The van der Waals surface area contributed by atoms with Gasteiger partial charge >= 0.3 is 0 Å². The van der Waals surface area contributed by atoms with Crippen molar-refractivity contribution in [2.75, 3.05) is 14.2 Å². The first-order valence-corrected chi connectivity index (χ1v) is 8.88. The molecule has 0 aliphatic heterocycles. The van der Waals surface area contributed by atoms with Crippen LogP contribution in [0.5, 0.6) is 11.5 Å². The molecule has 1 aromatic carbocycles. The van der Waals surface area contributed by atoms with Crippen LogP contribution < -0.4 is 15.0 Å². The summed E-state index contributed by atoms with van der Waals surface area (Å²) in [5, 5.41) is 0.556. The summed E-state index contributed by atoms with van der Waals surface area (Å²) in [6, 6.07) is 6.91. The van der Waals surface area contributed by atoms with Gasteiger partial charge < -0.3 is 18.9 Å². The van der Waals surface area contributed by atoms with E-state index in [0.717, 1.165) is 11.3 Å². The lowest BCUT2D eigenvalue weighted by Crippen LogP contribution is -2.08. The zero-order valence-electron chi connectivity index (χ0n) is 15.0. The quantitative estimate of drug-likeness (QED) is 0.523. The maximum absolute atomic E-state index is 11.5. The molecule has 26 heavy (non-hydrogen) atoms. The number of hydrogen-bond donors (Lipinski definition) is 1. The minimum Gasteiger partial charge on any atom is -0.497 e. The van der Waals surface area contributed by atoms with Gasteiger partial charge in [-0.3, -0.25) is 4.79 Å². The summed E-state index contributed by atoms with van der Waals surface area (Å²) in [4.78, 5) is 23.1. The number of ether oxygens (including phenoxy) is 2. The third-order valence-corrected chi connectivity index (χ3v) is 4.61. The highest BCUT2D eigenvalue weighted by molar-refractivity contribution is 7.98. The third-order valence-electron chi connectivity index (χ3n) is 3.73. The summed E-state index contributed by atoms with van der Waals surface area (Å²) < 4.78 is 16.4. The van der Waals surface area contributed by atoms with E-state index in [1.807, 2.05) is 19.1 Å². The van der Waals surface area contributed by atoms with Gasteiger partial charge in [-0.2, -0.15) is 0 Å². The molecule has 136 valence electrons. The fraction of sp³-hybridized carbons (Fsp3) is 0.278. The molecule has 8 heteroatoms. The minimum atomic E-state index is -0.166. The molecule has 0 fully saturated rings. The second kappa shape index (κ2) is 7.65. The first-order valence-electron chi connectivity index (χ1n) is 7.89. The molecule has 0 bridgehead atoms. The van der Waals surface area contributed by atoms with Crippen LogP contribution in [-0.2, 0) is 5.75 Å². The lowest BCUT2D eigenvalue weighted by atomic mass is 10.2. The Bertz CT molecular complexity index is 981. The molecule has 0 spiro atoms. The van der Waals surface area contributed by atoms with Gasteiger partial charge in [0, 0.05) is 23.6 Å². The van der Waals surface area contributed by atoms with Crippen LogP contribution in [0.15, 0.2) is 38.6 Å². The van der Waals surface area contributed by atoms with E-state index in [4.69, 9.17) is 13.9 Å². The van der Waals surface area contributed by atoms with Crippen LogP contribution in [-0.4, -0.2) is 29.2 Å². The zero-order chi connectivity index (χ0) is 18.7. The van der Waals surface area contributed by atoms with E-state index < -0.39 is 0 Å². The first-order chi connectivity index (χ1) is 12.5. The maximum atomic E-state index is 11.5. The number of aryl methyl sites for hydroxylation is 2. The topological polar surface area (TPSA) is 90.2 Å². The normalized spacial score (nSPS) is 10.8. The molecule has 7 nitrogen and oxygen atoms in total. The Kier molecular flexibility index (Phi) is 5.32. The van der Waals surface area contributed by atoms with E-state index >= 15 is 0 Å². The third kappa shape index (κ3) is 3.91. The van der Waals surface area contributed by atoms with Crippen molar-refractivity contribution in [3.05, 3.63) is 51.8 Å². The second-order valence-corrected chi connectivity index (χ2v) is 6.53. The van der Waals surface area contributed by atoms with Gasteiger partial charge in [-0.15, -0.1) is 0 Å². The van der Waals surface area contributed by atoms with E-state index in [1.165, 1.54) is 17.8 Å². The van der Waals surface area contributed by atoms with Crippen molar-refractivity contribution in [3.8, 4) is 23.0 Å². The number of methoxy groups -OCH3 is 2. The molecule has 0 unspecified atom stereocenters. The van der Waals surface area contributed by atoms with Crippen LogP contribution >= 0.6 is 11.8 Å². The van der Waals surface area contributed by atoms with Crippen LogP contribution in [0.1, 0.15) is 17.1 Å². The van der Waals surface area contributed by atoms with Gasteiger partial charge in [-0.05, 0) is 26.0 Å². The van der Waals surface area contributed by atoms with Crippen molar-refractivity contribution in [2.24, 2.45) is 0 Å². The summed E-state index contributed by atoms with van der Waals surface area (Å²) >= 11 is 1.40. The molecule has 0 aliphatic rings. The molecule has 0 amide bonds. The number of hydrogen-bond acceptors (Lipinski definition) is 7. The monoisotopic (exact) mass is 373 g/mol. The number of benzene rings is 1. The SMILES string of the molecule is COc1ccc(-c2nc(CSc3nc(C)cc(=O)[nH]3)c(C)o2)c(OC)c1. The molecule has 0 aliphatic carbocycles. The lowest BCUT2D eigenvalue weighted by molar-refractivity contribution is 0.394. The number of H-pyrrole nitrogens is 1. The van der Waals surface area contributed by atoms with Gasteiger partial charge in [0.25, 0.3) is 5.56 Å². The van der Waals surface area contributed by atoms with Gasteiger partial charge in [0.2, 0.25) is 5.89 Å². The Hall–Kier alpha value is -2.74. The van der Waals surface area contributed by atoms with Gasteiger partial charge in [0.1, 0.15) is 17.3 Å².